The maximum Gasteiger partial charge on any atom is 0.349 e. The van der Waals surface area contributed by atoms with Crippen molar-refractivity contribution in [2.45, 2.75) is 95.7 Å². The van der Waals surface area contributed by atoms with Crippen LogP contribution in [-0.4, -0.2) is 108 Å². The van der Waals surface area contributed by atoms with Crippen molar-refractivity contribution in [2.75, 3.05) is 38.3 Å². The van der Waals surface area contributed by atoms with Gasteiger partial charge in [-0.1, -0.05) is 74.6 Å². The van der Waals surface area contributed by atoms with Gasteiger partial charge in [-0.05, 0) is 55.7 Å². The Hall–Kier alpha value is -4.90. The summed E-state index contributed by atoms with van der Waals surface area (Å²) in [7, 11) is 0. The van der Waals surface area contributed by atoms with Gasteiger partial charge < -0.3 is 39.9 Å². The number of hydrogen-bond acceptors (Lipinski definition) is 12. The predicted molar refractivity (Wildman–Crippen MR) is 207 cm³/mol. The highest BCUT2D eigenvalue weighted by atomic mass is 32.2. The van der Waals surface area contributed by atoms with E-state index in [1.165, 1.54) is 36.0 Å². The van der Waals surface area contributed by atoms with E-state index in [1.54, 1.807) is 25.0 Å². The summed E-state index contributed by atoms with van der Waals surface area (Å²) >= 11 is 1.32. The largest absolute Gasteiger partial charge is 0.460 e. The molecular formula is C39H53N5O11S. The maximum atomic E-state index is 14.2. The molecular weight excluding hydrogens is 747 g/mol. The van der Waals surface area contributed by atoms with Crippen molar-refractivity contribution < 1.29 is 48.1 Å². The van der Waals surface area contributed by atoms with E-state index >= 15 is 0 Å². The van der Waals surface area contributed by atoms with E-state index in [1.807, 2.05) is 30.3 Å². The van der Waals surface area contributed by atoms with Gasteiger partial charge in [0.1, 0.15) is 18.7 Å². The number of thioether (sulfide) groups is 1. The molecule has 17 heteroatoms. The summed E-state index contributed by atoms with van der Waals surface area (Å²) < 4.78 is 16.8. The topological polar surface area (TPSA) is 205 Å². The minimum absolute atomic E-state index is 0.0658. The zero-order valence-corrected chi connectivity index (χ0v) is 33.0. The highest BCUT2D eigenvalue weighted by Gasteiger charge is 2.39. The van der Waals surface area contributed by atoms with Crippen molar-refractivity contribution in [3.05, 3.63) is 81.4 Å². The smallest absolute Gasteiger partial charge is 0.349 e. The van der Waals surface area contributed by atoms with Crippen LogP contribution < -0.4 is 16.0 Å². The zero-order chi connectivity index (χ0) is 40.5. The van der Waals surface area contributed by atoms with Gasteiger partial charge in [0.05, 0.1) is 30.9 Å². The Morgan fingerprint density at radius 2 is 1.54 bits per heavy atom. The molecule has 2 aromatic carbocycles. The number of hydrogen-bond donors (Lipinski definition) is 3. The monoisotopic (exact) mass is 799 g/mol. The van der Waals surface area contributed by atoms with Crippen LogP contribution in [0.2, 0.25) is 0 Å². The summed E-state index contributed by atoms with van der Waals surface area (Å²) in [4.78, 5) is 85.2. The molecule has 1 aliphatic heterocycles. The second-order valence-electron chi connectivity index (χ2n) is 14.2. The average molecular weight is 800 g/mol. The lowest BCUT2D eigenvalue weighted by Crippen LogP contribution is -2.60. The Labute approximate surface area is 331 Å². The minimum atomic E-state index is -1.54. The van der Waals surface area contributed by atoms with Crippen LogP contribution >= 0.6 is 11.8 Å². The van der Waals surface area contributed by atoms with Crippen molar-refractivity contribution >= 4 is 41.5 Å². The third-order valence-corrected chi connectivity index (χ3v) is 10.2. The van der Waals surface area contributed by atoms with Crippen molar-refractivity contribution in [1.29, 1.82) is 0 Å². The van der Waals surface area contributed by atoms with Gasteiger partial charge in [0.15, 0.2) is 0 Å². The van der Waals surface area contributed by atoms with Crippen LogP contribution in [0.5, 0.6) is 0 Å². The second-order valence-corrected chi connectivity index (χ2v) is 15.1. The van der Waals surface area contributed by atoms with Gasteiger partial charge in [-0.15, -0.1) is 10.1 Å². The lowest BCUT2D eigenvalue weighted by Gasteiger charge is -2.33. The van der Waals surface area contributed by atoms with Crippen LogP contribution in [0.25, 0.3) is 0 Å². The van der Waals surface area contributed by atoms with E-state index in [-0.39, 0.29) is 30.3 Å². The SMILES string of the molecule is CSC[C@H](NC(=O)C(Cc1ccccc1)NC(=O)N1CCOCC1)C(=O)NC(CC1CCCCC1)C(OC(=O)c1ccc(CO[N+](=O)[O-])cc1)C(=O)OC(C)C. The van der Waals surface area contributed by atoms with Crippen LogP contribution in [0.3, 0.4) is 0 Å². The highest BCUT2D eigenvalue weighted by molar-refractivity contribution is 7.98. The summed E-state index contributed by atoms with van der Waals surface area (Å²) in [5, 5.41) is 18.3. The van der Waals surface area contributed by atoms with Crippen LogP contribution in [0.1, 0.15) is 73.9 Å². The summed E-state index contributed by atoms with van der Waals surface area (Å²) in [6.07, 6.45) is 4.88. The van der Waals surface area contributed by atoms with Gasteiger partial charge in [0, 0.05) is 25.3 Å². The molecule has 1 aliphatic carbocycles. The third kappa shape index (κ3) is 14.3. The third-order valence-electron chi connectivity index (χ3n) is 9.51. The van der Waals surface area contributed by atoms with E-state index in [0.717, 1.165) is 37.7 Å². The number of carbonyl (C=O) groups is 5. The second kappa shape index (κ2) is 22.6. The molecule has 56 heavy (non-hydrogen) atoms. The summed E-state index contributed by atoms with van der Waals surface area (Å²) in [6.45, 7) is 4.52. The van der Waals surface area contributed by atoms with Crippen molar-refractivity contribution in [3.8, 4) is 0 Å². The molecule has 1 saturated heterocycles. The van der Waals surface area contributed by atoms with E-state index in [9.17, 15) is 34.1 Å². The molecule has 1 saturated carbocycles. The first-order chi connectivity index (χ1) is 26.9. The summed E-state index contributed by atoms with van der Waals surface area (Å²) in [5.74, 6) is -2.60. The Morgan fingerprint density at radius 3 is 2.16 bits per heavy atom. The van der Waals surface area contributed by atoms with Crippen LogP contribution in [0.4, 0.5) is 4.79 Å². The van der Waals surface area contributed by atoms with Crippen LogP contribution in [-0.2, 0) is 46.5 Å². The van der Waals surface area contributed by atoms with Gasteiger partial charge in [-0.3, -0.25) is 9.59 Å². The first-order valence-corrected chi connectivity index (χ1v) is 20.4. The fraction of sp³-hybridized carbons (Fsp3) is 0.564. The Morgan fingerprint density at radius 1 is 0.875 bits per heavy atom. The van der Waals surface area contributed by atoms with Crippen molar-refractivity contribution in [3.63, 3.8) is 0 Å². The number of ether oxygens (including phenoxy) is 3. The molecule has 2 fully saturated rings. The molecule has 2 aliphatic rings. The number of benzene rings is 2. The summed E-state index contributed by atoms with van der Waals surface area (Å²) in [6, 6.07) is 11.4. The van der Waals surface area contributed by atoms with Gasteiger partial charge in [-0.25, -0.2) is 14.4 Å². The van der Waals surface area contributed by atoms with Crippen LogP contribution in [0, 0.1) is 16.0 Å². The molecule has 0 radical (unpaired) electrons. The predicted octanol–water partition coefficient (Wildman–Crippen LogP) is 3.83. The number of nitrogens with one attached hydrogen (secondary N) is 3. The Bertz CT molecular complexity index is 1600. The molecule has 3 unspecified atom stereocenters. The number of urea groups is 1. The number of esters is 2. The van der Waals surface area contributed by atoms with E-state index in [2.05, 4.69) is 20.8 Å². The van der Waals surface area contributed by atoms with E-state index in [4.69, 9.17) is 14.2 Å². The fourth-order valence-electron chi connectivity index (χ4n) is 6.65. The zero-order valence-electron chi connectivity index (χ0n) is 32.1. The number of rotatable bonds is 19. The highest BCUT2D eigenvalue weighted by Crippen LogP contribution is 2.29. The van der Waals surface area contributed by atoms with Crippen molar-refractivity contribution in [1.82, 2.24) is 20.9 Å². The Balaban J connectivity index is 1.57. The summed E-state index contributed by atoms with van der Waals surface area (Å²) in [5.41, 5.74) is 1.31. The lowest BCUT2D eigenvalue weighted by molar-refractivity contribution is -0.763. The van der Waals surface area contributed by atoms with Crippen molar-refractivity contribution in [2.24, 2.45) is 5.92 Å². The molecule has 3 N–H and O–H groups in total. The van der Waals surface area contributed by atoms with Gasteiger partial charge in [0.25, 0.3) is 5.09 Å². The molecule has 4 atom stereocenters. The van der Waals surface area contributed by atoms with E-state index in [0.29, 0.717) is 38.3 Å². The van der Waals surface area contributed by atoms with Gasteiger partial charge >= 0.3 is 18.0 Å². The average Bonchev–Trinajstić information content (AvgIpc) is 3.19. The maximum absolute atomic E-state index is 14.2. The first kappa shape index (κ1) is 43.8. The number of morpholine rings is 1. The molecule has 306 valence electrons. The van der Waals surface area contributed by atoms with Gasteiger partial charge in [0.2, 0.25) is 17.9 Å². The number of nitrogens with zero attached hydrogens (tertiary/aromatic N) is 2. The quantitative estimate of drug-likeness (QED) is 0.105. The molecule has 16 nitrogen and oxygen atoms in total. The fourth-order valence-corrected chi connectivity index (χ4v) is 7.22. The molecule has 0 bridgehead atoms. The van der Waals surface area contributed by atoms with Crippen LogP contribution in [0.15, 0.2) is 54.6 Å². The molecule has 0 spiro atoms. The molecule has 4 rings (SSSR count). The molecule has 4 amide bonds. The molecule has 2 aromatic rings. The normalized spacial score (nSPS) is 16.8. The first-order valence-electron chi connectivity index (χ1n) is 19.0. The van der Waals surface area contributed by atoms with Gasteiger partial charge in [-0.2, -0.15) is 11.8 Å². The standard InChI is InChI=1S/C39H53N5O11S/c1-26(2)54-38(48)34(55-37(47)30-16-14-29(15-17-30)24-53-44(50)51)31(22-27-10-6-4-7-11-27)40-36(46)33(25-56-3)41-35(45)32(23-28-12-8-5-9-13-28)42-39(49)43-18-20-52-21-19-43/h5,8-9,12-17,26-27,31-34H,4,6-7,10-11,18-25H2,1-3H3,(H,40,46)(H,41,45)(H,42,49)/t31?,32?,33-,34?/m0/s1. The minimum Gasteiger partial charge on any atom is -0.460 e. The van der Waals surface area contributed by atoms with E-state index < -0.39 is 65.2 Å². The number of amides is 4. The molecule has 0 aromatic heterocycles. The number of carbonyl (C=O) groups excluding carboxylic acids is 5. The Kier molecular flexibility index (Phi) is 17.7. The lowest BCUT2D eigenvalue weighted by atomic mass is 9.83. The molecule has 1 heterocycles.